The standard InChI is InChI=1S/C18H17N3OS2/c1-3-9-21-17(22)15(24-18(21)23)10-14-11-19-20-16(14)13-7-5-12(4-2)6-8-13/h3,5-8,10-11,22H,1,4,9H2,2H3/b14-10+. The minimum atomic E-state index is 0.151. The lowest BCUT2D eigenvalue weighted by molar-refractivity contribution is 0.424. The van der Waals surface area contributed by atoms with Gasteiger partial charge in [0.2, 0.25) is 5.88 Å². The topological polar surface area (TPSA) is 49.9 Å². The fraction of sp³-hybridized carbons (Fsp3) is 0.167. The van der Waals surface area contributed by atoms with E-state index in [1.54, 1.807) is 16.9 Å². The molecule has 0 fully saturated rings. The lowest BCUT2D eigenvalue weighted by Crippen LogP contribution is -2.02. The number of benzene rings is 1. The molecule has 1 aromatic carbocycles. The van der Waals surface area contributed by atoms with Crippen LogP contribution in [0.15, 0.2) is 52.7 Å². The molecule has 0 unspecified atom stereocenters. The van der Waals surface area contributed by atoms with Crippen molar-refractivity contribution in [3.63, 3.8) is 0 Å². The van der Waals surface area contributed by atoms with Crippen LogP contribution in [0.3, 0.4) is 0 Å². The molecular formula is C18H17N3OS2. The summed E-state index contributed by atoms with van der Waals surface area (Å²) in [5, 5.41) is 18.6. The van der Waals surface area contributed by atoms with Crippen molar-refractivity contribution < 1.29 is 5.11 Å². The molecule has 3 rings (SSSR count). The highest BCUT2D eigenvalue weighted by Crippen LogP contribution is 2.29. The number of aromatic hydroxyl groups is 1. The van der Waals surface area contributed by atoms with Crippen LogP contribution >= 0.6 is 23.6 Å². The van der Waals surface area contributed by atoms with Gasteiger partial charge < -0.3 is 5.11 Å². The van der Waals surface area contributed by atoms with Crippen LogP contribution in [0.2, 0.25) is 0 Å². The third-order valence-corrected chi connectivity index (χ3v) is 5.14. The number of aryl methyl sites for hydroxylation is 1. The van der Waals surface area contributed by atoms with E-state index in [-0.39, 0.29) is 5.88 Å². The molecule has 4 nitrogen and oxygen atoms in total. The summed E-state index contributed by atoms with van der Waals surface area (Å²) in [6, 6.07) is 8.28. The first-order valence-electron chi connectivity index (χ1n) is 7.60. The zero-order valence-corrected chi connectivity index (χ0v) is 14.9. The Morgan fingerprint density at radius 2 is 2.08 bits per heavy atom. The molecule has 1 aliphatic rings. The summed E-state index contributed by atoms with van der Waals surface area (Å²) >= 11 is 6.66. The molecule has 122 valence electrons. The van der Waals surface area contributed by atoms with E-state index in [4.69, 9.17) is 12.2 Å². The van der Waals surface area contributed by atoms with Gasteiger partial charge in [-0.05, 0) is 30.3 Å². The van der Waals surface area contributed by atoms with E-state index < -0.39 is 0 Å². The van der Waals surface area contributed by atoms with Crippen LogP contribution in [0.1, 0.15) is 22.9 Å². The second kappa shape index (κ2) is 7.07. The number of hydrogen-bond acceptors (Lipinski definition) is 5. The van der Waals surface area contributed by atoms with E-state index in [1.165, 1.54) is 16.9 Å². The first-order chi connectivity index (χ1) is 11.6. The van der Waals surface area contributed by atoms with Crippen molar-refractivity contribution in [3.05, 3.63) is 62.5 Å². The Morgan fingerprint density at radius 3 is 2.75 bits per heavy atom. The molecule has 0 saturated carbocycles. The number of aromatic nitrogens is 1. The largest absolute Gasteiger partial charge is 0.493 e. The molecule has 0 atom stereocenters. The number of nitrogens with zero attached hydrogens (tertiary/aromatic N) is 3. The van der Waals surface area contributed by atoms with E-state index >= 15 is 0 Å². The zero-order valence-electron chi connectivity index (χ0n) is 13.3. The second-order valence-corrected chi connectivity index (χ2v) is 6.97. The Hall–Kier alpha value is -2.31. The maximum Gasteiger partial charge on any atom is 0.210 e. The van der Waals surface area contributed by atoms with Gasteiger partial charge in [-0.3, -0.25) is 4.57 Å². The summed E-state index contributed by atoms with van der Waals surface area (Å²) in [5.41, 5.74) is 3.94. The molecule has 0 amide bonds. The Labute approximate surface area is 149 Å². The van der Waals surface area contributed by atoms with Crippen LogP contribution in [-0.2, 0) is 13.0 Å². The normalized spacial score (nSPS) is 15.0. The summed E-state index contributed by atoms with van der Waals surface area (Å²) < 4.78 is 2.26. The van der Waals surface area contributed by atoms with Gasteiger partial charge in [-0.15, -0.1) is 23.0 Å². The average Bonchev–Trinajstić information content (AvgIpc) is 3.16. The van der Waals surface area contributed by atoms with Gasteiger partial charge in [0.15, 0.2) is 3.95 Å². The first kappa shape index (κ1) is 16.5. The maximum atomic E-state index is 10.4. The van der Waals surface area contributed by atoms with Gasteiger partial charge in [-0.25, -0.2) is 0 Å². The van der Waals surface area contributed by atoms with E-state index in [1.807, 2.05) is 18.2 Å². The number of rotatable bonds is 5. The van der Waals surface area contributed by atoms with Crippen LogP contribution in [0.5, 0.6) is 5.88 Å². The van der Waals surface area contributed by atoms with E-state index in [2.05, 4.69) is 35.8 Å². The summed E-state index contributed by atoms with van der Waals surface area (Å²) in [5.74, 6) is 0.151. The van der Waals surface area contributed by atoms with Gasteiger partial charge >= 0.3 is 0 Å². The number of hydrogen-bond donors (Lipinski definition) is 1. The quantitative estimate of drug-likeness (QED) is 0.629. The summed E-state index contributed by atoms with van der Waals surface area (Å²) in [7, 11) is 0. The van der Waals surface area contributed by atoms with Crippen molar-refractivity contribution in [2.45, 2.75) is 19.9 Å². The Kier molecular flexibility index (Phi) is 4.87. The summed E-state index contributed by atoms with van der Waals surface area (Å²) in [4.78, 5) is 0.697. The van der Waals surface area contributed by atoms with Gasteiger partial charge in [0.25, 0.3) is 0 Å². The Morgan fingerprint density at radius 1 is 1.33 bits per heavy atom. The average molecular weight is 355 g/mol. The first-order valence-corrected chi connectivity index (χ1v) is 8.82. The molecule has 2 aromatic rings. The molecule has 1 aliphatic heterocycles. The molecule has 0 bridgehead atoms. The smallest absolute Gasteiger partial charge is 0.210 e. The minimum Gasteiger partial charge on any atom is -0.493 e. The van der Waals surface area contributed by atoms with E-state index in [9.17, 15) is 5.11 Å². The minimum absolute atomic E-state index is 0.151. The van der Waals surface area contributed by atoms with Gasteiger partial charge in [-0.2, -0.15) is 5.10 Å². The van der Waals surface area contributed by atoms with Crippen molar-refractivity contribution in [2.24, 2.45) is 10.2 Å². The van der Waals surface area contributed by atoms with Crippen molar-refractivity contribution in [2.75, 3.05) is 0 Å². The molecule has 0 saturated heterocycles. The molecule has 2 heterocycles. The Balaban J connectivity index is 1.96. The van der Waals surface area contributed by atoms with Crippen LogP contribution in [0, 0.1) is 3.95 Å². The fourth-order valence-electron chi connectivity index (χ4n) is 2.44. The van der Waals surface area contributed by atoms with Gasteiger partial charge in [0.1, 0.15) is 5.71 Å². The lowest BCUT2D eigenvalue weighted by Gasteiger charge is -2.04. The van der Waals surface area contributed by atoms with E-state index in [0.29, 0.717) is 15.4 Å². The van der Waals surface area contributed by atoms with Crippen molar-refractivity contribution in [1.29, 1.82) is 0 Å². The molecule has 1 N–H and O–H groups in total. The maximum absolute atomic E-state index is 10.4. The number of thiazole rings is 1. The molecule has 6 heteroatoms. The molecule has 0 aliphatic carbocycles. The highest BCUT2D eigenvalue weighted by atomic mass is 32.1. The van der Waals surface area contributed by atoms with Crippen molar-refractivity contribution >= 4 is 41.6 Å². The summed E-state index contributed by atoms with van der Waals surface area (Å²) in [6.45, 7) is 6.30. The molecular weight excluding hydrogens is 338 g/mol. The van der Waals surface area contributed by atoms with Crippen molar-refractivity contribution in [1.82, 2.24) is 4.57 Å². The molecule has 24 heavy (non-hydrogen) atoms. The van der Waals surface area contributed by atoms with E-state index in [0.717, 1.165) is 23.3 Å². The van der Waals surface area contributed by atoms with Crippen LogP contribution in [-0.4, -0.2) is 21.6 Å². The predicted octanol–water partition coefficient (Wildman–Crippen LogP) is 4.61. The second-order valence-electron chi connectivity index (χ2n) is 5.30. The van der Waals surface area contributed by atoms with Crippen molar-refractivity contribution in [3.8, 4) is 5.88 Å². The predicted molar refractivity (Wildman–Crippen MR) is 104 cm³/mol. The Bertz CT molecular complexity index is 915. The monoisotopic (exact) mass is 355 g/mol. The number of allylic oxidation sites excluding steroid dienone is 2. The van der Waals surface area contributed by atoms with Crippen LogP contribution < -0.4 is 0 Å². The van der Waals surface area contributed by atoms with Crippen LogP contribution in [0.4, 0.5) is 0 Å². The van der Waals surface area contributed by atoms with Gasteiger partial charge in [-0.1, -0.05) is 37.3 Å². The van der Waals surface area contributed by atoms with Crippen LogP contribution in [0.25, 0.3) is 6.08 Å². The zero-order chi connectivity index (χ0) is 17.1. The third kappa shape index (κ3) is 3.16. The fourth-order valence-corrected chi connectivity index (χ4v) is 3.71. The third-order valence-electron chi connectivity index (χ3n) is 3.76. The highest BCUT2D eigenvalue weighted by molar-refractivity contribution is 7.73. The molecule has 0 radical (unpaired) electrons. The SMILES string of the molecule is C=CCn1c(O)c(/C=C2\C=NN=C2c2ccc(CC)cc2)sc1=S. The molecule has 0 spiro atoms. The lowest BCUT2D eigenvalue weighted by atomic mass is 10.0. The molecule has 1 aromatic heterocycles. The highest BCUT2D eigenvalue weighted by Gasteiger charge is 2.16. The van der Waals surface area contributed by atoms with Gasteiger partial charge in [0.05, 0.1) is 11.1 Å². The summed E-state index contributed by atoms with van der Waals surface area (Å²) in [6.07, 6.45) is 6.28. The van der Waals surface area contributed by atoms with Gasteiger partial charge in [0, 0.05) is 17.7 Å².